The lowest BCUT2D eigenvalue weighted by Gasteiger charge is -2.26. The summed E-state index contributed by atoms with van der Waals surface area (Å²) in [5.41, 5.74) is 1.05. The maximum absolute atomic E-state index is 13.1. The summed E-state index contributed by atoms with van der Waals surface area (Å²) in [4.78, 5) is 27.3. The van der Waals surface area contributed by atoms with E-state index in [-0.39, 0.29) is 18.3 Å². The highest BCUT2D eigenvalue weighted by molar-refractivity contribution is 7.11. The third-order valence-electron chi connectivity index (χ3n) is 4.22. The molecule has 0 radical (unpaired) electrons. The first-order valence-corrected chi connectivity index (χ1v) is 9.47. The lowest BCUT2D eigenvalue weighted by atomic mass is 10.1. The van der Waals surface area contributed by atoms with Gasteiger partial charge in [0.05, 0.1) is 5.57 Å². The van der Waals surface area contributed by atoms with Crippen molar-refractivity contribution in [3.05, 3.63) is 58.0 Å². The number of hydrogen-bond donors (Lipinski definition) is 0. The predicted molar refractivity (Wildman–Crippen MR) is 100.0 cm³/mol. The number of piperidine rings is 1. The molecule has 0 N–H and O–H groups in total. The van der Waals surface area contributed by atoms with Crippen molar-refractivity contribution in [2.75, 3.05) is 19.7 Å². The summed E-state index contributed by atoms with van der Waals surface area (Å²) < 4.78 is 18.4. The molecular weight excluding hydrogens is 353 g/mol. The number of ether oxygens (including phenoxy) is 1. The molecule has 26 heavy (non-hydrogen) atoms. The van der Waals surface area contributed by atoms with Crippen molar-refractivity contribution in [3.63, 3.8) is 0 Å². The zero-order valence-corrected chi connectivity index (χ0v) is 15.1. The van der Waals surface area contributed by atoms with E-state index >= 15 is 0 Å². The van der Waals surface area contributed by atoms with Crippen molar-refractivity contribution >= 4 is 34.9 Å². The molecule has 0 spiro atoms. The molecule has 1 fully saturated rings. The number of thiophene rings is 1. The molecule has 0 saturated carbocycles. The van der Waals surface area contributed by atoms with Crippen molar-refractivity contribution in [2.24, 2.45) is 0 Å². The van der Waals surface area contributed by atoms with E-state index < -0.39 is 5.97 Å². The van der Waals surface area contributed by atoms with Gasteiger partial charge < -0.3 is 9.64 Å². The van der Waals surface area contributed by atoms with Crippen molar-refractivity contribution in [1.82, 2.24) is 4.90 Å². The first-order chi connectivity index (χ1) is 12.6. The van der Waals surface area contributed by atoms with E-state index in [1.54, 1.807) is 23.1 Å². The molecule has 1 aromatic heterocycles. The predicted octanol–water partition coefficient (Wildman–Crippen LogP) is 3.98. The average Bonchev–Trinajstić information content (AvgIpc) is 3.20. The smallest absolute Gasteiger partial charge is 0.340 e. The fourth-order valence-corrected chi connectivity index (χ4v) is 3.56. The Morgan fingerprint density at radius 3 is 2.50 bits per heavy atom. The van der Waals surface area contributed by atoms with E-state index in [2.05, 4.69) is 0 Å². The first kappa shape index (κ1) is 18.3. The summed E-state index contributed by atoms with van der Waals surface area (Å²) in [5.74, 6) is -1.05. The van der Waals surface area contributed by atoms with Gasteiger partial charge in [-0.1, -0.05) is 18.2 Å². The van der Waals surface area contributed by atoms with E-state index in [1.165, 1.54) is 23.5 Å². The minimum Gasteiger partial charge on any atom is -0.452 e. The highest BCUT2D eigenvalue weighted by Crippen LogP contribution is 2.24. The molecule has 1 amide bonds. The first-order valence-electron chi connectivity index (χ1n) is 8.59. The standard InChI is InChI=1S/C20H20FNO3S/c21-16-8-6-15(7-9-16)13-17(18-5-4-12-26-18)20(24)25-14-19(23)22-10-2-1-3-11-22/h4-9,12-13H,1-3,10-11,14H2/b17-13+. The molecule has 1 aromatic carbocycles. The van der Waals surface area contributed by atoms with Crippen LogP contribution in [0.15, 0.2) is 41.8 Å². The topological polar surface area (TPSA) is 46.6 Å². The molecule has 0 atom stereocenters. The maximum atomic E-state index is 13.1. The normalized spacial score (nSPS) is 15.0. The van der Waals surface area contributed by atoms with Crippen LogP contribution < -0.4 is 0 Å². The summed E-state index contributed by atoms with van der Waals surface area (Å²) in [6.45, 7) is 1.18. The highest BCUT2D eigenvalue weighted by atomic mass is 32.1. The Morgan fingerprint density at radius 1 is 1.12 bits per heavy atom. The van der Waals surface area contributed by atoms with Crippen LogP contribution in [0, 0.1) is 5.82 Å². The molecule has 0 bridgehead atoms. The van der Waals surface area contributed by atoms with Gasteiger partial charge in [0.2, 0.25) is 0 Å². The van der Waals surface area contributed by atoms with E-state index in [0.29, 0.717) is 11.1 Å². The lowest BCUT2D eigenvalue weighted by Crippen LogP contribution is -2.38. The van der Waals surface area contributed by atoms with E-state index in [9.17, 15) is 14.0 Å². The van der Waals surface area contributed by atoms with Crippen LogP contribution in [0.2, 0.25) is 0 Å². The average molecular weight is 373 g/mol. The number of hydrogen-bond acceptors (Lipinski definition) is 4. The molecule has 1 aliphatic rings. The molecule has 3 rings (SSSR count). The van der Waals surface area contributed by atoms with Gasteiger partial charge in [-0.25, -0.2) is 9.18 Å². The lowest BCUT2D eigenvalue weighted by molar-refractivity contribution is -0.147. The van der Waals surface area contributed by atoms with Gasteiger partial charge in [0.25, 0.3) is 5.91 Å². The van der Waals surface area contributed by atoms with Gasteiger partial charge in [-0.05, 0) is 54.5 Å². The quantitative estimate of drug-likeness (QED) is 0.588. The largest absolute Gasteiger partial charge is 0.452 e. The molecule has 136 valence electrons. The molecule has 2 heterocycles. The van der Waals surface area contributed by atoms with Crippen LogP contribution in [0.4, 0.5) is 4.39 Å². The number of rotatable bonds is 5. The third-order valence-corrected chi connectivity index (χ3v) is 5.13. The number of carbonyl (C=O) groups is 2. The second kappa shape index (κ2) is 8.76. The maximum Gasteiger partial charge on any atom is 0.340 e. The zero-order valence-electron chi connectivity index (χ0n) is 14.3. The second-order valence-electron chi connectivity index (χ2n) is 6.10. The SMILES string of the molecule is O=C(OCC(=O)N1CCCCC1)/C(=C/c1ccc(F)cc1)c1cccs1. The van der Waals surface area contributed by atoms with E-state index in [4.69, 9.17) is 4.74 Å². The Labute approximate surface area is 155 Å². The summed E-state index contributed by atoms with van der Waals surface area (Å²) in [7, 11) is 0. The van der Waals surface area contributed by atoms with Gasteiger partial charge >= 0.3 is 5.97 Å². The molecular formula is C20H20FNO3S. The van der Waals surface area contributed by atoms with Crippen molar-refractivity contribution in [1.29, 1.82) is 0 Å². The van der Waals surface area contributed by atoms with E-state index in [1.807, 2.05) is 17.5 Å². The Hall–Kier alpha value is -2.47. The van der Waals surface area contributed by atoms with Crippen LogP contribution in [-0.2, 0) is 14.3 Å². The monoisotopic (exact) mass is 373 g/mol. The Morgan fingerprint density at radius 2 is 1.85 bits per heavy atom. The van der Waals surface area contributed by atoms with Crippen molar-refractivity contribution < 1.29 is 18.7 Å². The van der Waals surface area contributed by atoms with Gasteiger partial charge in [-0.15, -0.1) is 11.3 Å². The fourth-order valence-electron chi connectivity index (χ4n) is 2.83. The zero-order chi connectivity index (χ0) is 18.4. The molecule has 1 saturated heterocycles. The van der Waals surface area contributed by atoms with Crippen molar-refractivity contribution in [3.8, 4) is 0 Å². The summed E-state index contributed by atoms with van der Waals surface area (Å²) in [6, 6.07) is 9.51. The molecule has 0 aliphatic carbocycles. The molecule has 2 aromatic rings. The molecule has 1 aliphatic heterocycles. The molecule has 4 nitrogen and oxygen atoms in total. The Kier molecular flexibility index (Phi) is 6.17. The van der Waals surface area contributed by atoms with Gasteiger partial charge in [0.1, 0.15) is 5.82 Å². The number of nitrogens with zero attached hydrogens (tertiary/aromatic N) is 1. The van der Waals surface area contributed by atoms with Gasteiger partial charge in [0.15, 0.2) is 6.61 Å². The van der Waals surface area contributed by atoms with Crippen LogP contribution in [0.5, 0.6) is 0 Å². The fraction of sp³-hybridized carbons (Fsp3) is 0.300. The molecule has 0 unspecified atom stereocenters. The Bertz CT molecular complexity index is 778. The van der Waals surface area contributed by atoms with Gasteiger partial charge in [-0.3, -0.25) is 4.79 Å². The van der Waals surface area contributed by atoms with Gasteiger partial charge in [-0.2, -0.15) is 0 Å². The number of amides is 1. The van der Waals surface area contributed by atoms with E-state index in [0.717, 1.165) is 37.2 Å². The second-order valence-corrected chi connectivity index (χ2v) is 7.05. The third kappa shape index (κ3) is 4.79. The van der Waals surface area contributed by atoms with Crippen LogP contribution in [0.1, 0.15) is 29.7 Å². The van der Waals surface area contributed by atoms with Crippen LogP contribution in [0.25, 0.3) is 11.6 Å². The van der Waals surface area contributed by atoms with Crippen LogP contribution in [-0.4, -0.2) is 36.5 Å². The number of esters is 1. The molecule has 6 heteroatoms. The van der Waals surface area contributed by atoms with Crippen LogP contribution in [0.3, 0.4) is 0 Å². The summed E-state index contributed by atoms with van der Waals surface area (Å²) in [5, 5.41) is 1.86. The van der Waals surface area contributed by atoms with Crippen LogP contribution >= 0.6 is 11.3 Å². The Balaban J connectivity index is 1.71. The number of likely N-dealkylation sites (tertiary alicyclic amines) is 1. The highest BCUT2D eigenvalue weighted by Gasteiger charge is 2.20. The number of benzene rings is 1. The minimum atomic E-state index is -0.554. The summed E-state index contributed by atoms with van der Waals surface area (Å²) in [6.07, 6.45) is 4.76. The van der Waals surface area contributed by atoms with Gasteiger partial charge in [0, 0.05) is 18.0 Å². The number of carbonyl (C=O) groups excluding carboxylic acids is 2. The number of halogens is 1. The van der Waals surface area contributed by atoms with Crippen molar-refractivity contribution in [2.45, 2.75) is 19.3 Å². The summed E-state index contributed by atoms with van der Waals surface area (Å²) >= 11 is 1.41. The minimum absolute atomic E-state index is 0.162.